The van der Waals surface area contributed by atoms with Gasteiger partial charge in [0.2, 0.25) is 0 Å². The van der Waals surface area contributed by atoms with E-state index in [-0.39, 0.29) is 16.6 Å². The Labute approximate surface area is 125 Å². The van der Waals surface area contributed by atoms with E-state index in [0.717, 1.165) is 11.4 Å². The molecule has 0 aliphatic rings. The van der Waals surface area contributed by atoms with E-state index in [9.17, 15) is 8.78 Å². The lowest BCUT2D eigenvalue weighted by molar-refractivity contribution is 0.415. The van der Waals surface area contributed by atoms with Crippen LogP contribution in [0, 0.1) is 11.6 Å². The molecule has 0 heterocycles. The van der Waals surface area contributed by atoms with Crippen molar-refractivity contribution in [3.63, 3.8) is 0 Å². The summed E-state index contributed by atoms with van der Waals surface area (Å²) in [4.78, 5) is 1.77. The minimum Gasteiger partial charge on any atom is -0.497 e. The van der Waals surface area contributed by atoms with Crippen LogP contribution in [0.4, 0.5) is 14.5 Å². The molecule has 0 fully saturated rings. The molecule has 0 spiro atoms. The zero-order valence-electron chi connectivity index (χ0n) is 11.2. The summed E-state index contributed by atoms with van der Waals surface area (Å²) in [6, 6.07) is 9.91. The van der Waals surface area contributed by atoms with Crippen LogP contribution in [0.25, 0.3) is 0 Å². The second kappa shape index (κ2) is 6.22. The fraction of sp³-hybridized carbons (Fsp3) is 0.200. The first-order valence-corrected chi connectivity index (χ1v) is 6.79. The first kappa shape index (κ1) is 14.8. The standard InChI is InChI=1S/C15H14BrF2NO/c1-19(10-3-5-11(20-2)6-4-10)9-12-14(17)8-7-13(16)15(12)18/h3-8H,9H2,1-2H3. The van der Waals surface area contributed by atoms with Gasteiger partial charge in [-0.1, -0.05) is 0 Å². The molecule has 0 aromatic heterocycles. The van der Waals surface area contributed by atoms with Gasteiger partial charge in [0.25, 0.3) is 0 Å². The first-order valence-electron chi connectivity index (χ1n) is 6.00. The third-order valence-corrected chi connectivity index (χ3v) is 3.66. The second-order valence-corrected chi connectivity index (χ2v) is 5.23. The van der Waals surface area contributed by atoms with Crippen LogP contribution < -0.4 is 9.64 Å². The molecule has 2 rings (SSSR count). The maximum Gasteiger partial charge on any atom is 0.145 e. The van der Waals surface area contributed by atoms with Crippen LogP contribution in [0.2, 0.25) is 0 Å². The summed E-state index contributed by atoms with van der Waals surface area (Å²) in [6.45, 7) is 0.142. The first-order chi connectivity index (χ1) is 9.52. The lowest BCUT2D eigenvalue weighted by Gasteiger charge is -2.20. The summed E-state index contributed by atoms with van der Waals surface area (Å²) in [5.41, 5.74) is 0.891. The minimum absolute atomic E-state index is 0.0395. The van der Waals surface area contributed by atoms with Crippen molar-refractivity contribution in [3.8, 4) is 5.75 Å². The molecule has 20 heavy (non-hydrogen) atoms. The molecular formula is C15H14BrF2NO. The van der Waals surface area contributed by atoms with Crippen LogP contribution >= 0.6 is 15.9 Å². The molecule has 0 bridgehead atoms. The van der Waals surface area contributed by atoms with Crippen molar-refractivity contribution in [1.29, 1.82) is 0 Å². The highest BCUT2D eigenvalue weighted by atomic mass is 79.9. The predicted octanol–water partition coefficient (Wildman–Crippen LogP) is 4.37. The highest BCUT2D eigenvalue weighted by molar-refractivity contribution is 9.10. The summed E-state index contributed by atoms with van der Waals surface area (Å²) >= 11 is 3.07. The third kappa shape index (κ3) is 3.10. The van der Waals surface area contributed by atoms with E-state index in [1.165, 1.54) is 12.1 Å². The van der Waals surface area contributed by atoms with Gasteiger partial charge in [-0.25, -0.2) is 8.78 Å². The van der Waals surface area contributed by atoms with Crippen molar-refractivity contribution in [2.24, 2.45) is 0 Å². The number of anilines is 1. The van der Waals surface area contributed by atoms with Gasteiger partial charge in [0.1, 0.15) is 17.4 Å². The molecule has 2 nitrogen and oxygen atoms in total. The molecule has 106 valence electrons. The van der Waals surface area contributed by atoms with Crippen molar-refractivity contribution in [1.82, 2.24) is 0 Å². The van der Waals surface area contributed by atoms with Crippen LogP contribution in [0.3, 0.4) is 0 Å². The Morgan fingerprint density at radius 2 is 1.75 bits per heavy atom. The van der Waals surface area contributed by atoms with Crippen LogP contribution in [-0.4, -0.2) is 14.2 Å². The smallest absolute Gasteiger partial charge is 0.145 e. The molecule has 2 aromatic rings. The molecule has 0 aliphatic carbocycles. The number of methoxy groups -OCH3 is 1. The van der Waals surface area contributed by atoms with Crippen molar-refractivity contribution < 1.29 is 13.5 Å². The monoisotopic (exact) mass is 341 g/mol. The van der Waals surface area contributed by atoms with Crippen molar-refractivity contribution in [2.75, 3.05) is 19.1 Å². The van der Waals surface area contributed by atoms with Gasteiger partial charge in [0.15, 0.2) is 0 Å². The van der Waals surface area contributed by atoms with E-state index in [1.807, 2.05) is 12.1 Å². The summed E-state index contributed by atoms with van der Waals surface area (Å²) in [6.07, 6.45) is 0. The van der Waals surface area contributed by atoms with E-state index < -0.39 is 11.6 Å². The van der Waals surface area contributed by atoms with Gasteiger partial charge < -0.3 is 9.64 Å². The fourth-order valence-corrected chi connectivity index (χ4v) is 2.25. The quantitative estimate of drug-likeness (QED) is 0.765. The molecule has 0 amide bonds. The Morgan fingerprint density at radius 3 is 2.35 bits per heavy atom. The van der Waals surface area contributed by atoms with Crippen LogP contribution in [-0.2, 0) is 6.54 Å². The number of hydrogen-bond acceptors (Lipinski definition) is 2. The van der Waals surface area contributed by atoms with Gasteiger partial charge in [-0.2, -0.15) is 0 Å². The maximum absolute atomic E-state index is 13.9. The van der Waals surface area contributed by atoms with Crippen LogP contribution in [0.1, 0.15) is 5.56 Å². The summed E-state index contributed by atoms with van der Waals surface area (Å²) < 4.78 is 33.0. The topological polar surface area (TPSA) is 12.5 Å². The van der Waals surface area contributed by atoms with Gasteiger partial charge in [-0.15, -0.1) is 0 Å². The number of ether oxygens (including phenoxy) is 1. The highest BCUT2D eigenvalue weighted by Crippen LogP contribution is 2.25. The zero-order valence-corrected chi connectivity index (χ0v) is 12.7. The predicted molar refractivity (Wildman–Crippen MR) is 79.2 cm³/mol. The van der Waals surface area contributed by atoms with E-state index in [2.05, 4.69) is 15.9 Å². The average molecular weight is 342 g/mol. The van der Waals surface area contributed by atoms with Gasteiger partial charge in [0.05, 0.1) is 11.6 Å². The van der Waals surface area contributed by atoms with E-state index in [0.29, 0.717) is 0 Å². The van der Waals surface area contributed by atoms with E-state index in [4.69, 9.17) is 4.74 Å². The van der Waals surface area contributed by atoms with Gasteiger partial charge in [0, 0.05) is 24.8 Å². The van der Waals surface area contributed by atoms with E-state index in [1.54, 1.807) is 31.2 Å². The van der Waals surface area contributed by atoms with Crippen LogP contribution in [0.5, 0.6) is 5.75 Å². The van der Waals surface area contributed by atoms with Gasteiger partial charge in [-0.05, 0) is 52.3 Å². The van der Waals surface area contributed by atoms with Crippen LogP contribution in [0.15, 0.2) is 40.9 Å². The normalized spacial score (nSPS) is 10.4. The number of benzene rings is 2. The fourth-order valence-electron chi connectivity index (χ4n) is 1.88. The Hall–Kier alpha value is -1.62. The Bertz CT molecular complexity index is 602. The second-order valence-electron chi connectivity index (χ2n) is 4.38. The molecule has 0 saturated heterocycles. The molecule has 0 radical (unpaired) electrons. The number of hydrogen-bond donors (Lipinski definition) is 0. The Morgan fingerprint density at radius 1 is 1.10 bits per heavy atom. The molecule has 0 N–H and O–H groups in total. The van der Waals surface area contributed by atoms with Gasteiger partial charge >= 0.3 is 0 Å². The average Bonchev–Trinajstić information content (AvgIpc) is 2.47. The zero-order chi connectivity index (χ0) is 14.7. The summed E-state index contributed by atoms with van der Waals surface area (Å²) in [7, 11) is 3.37. The highest BCUT2D eigenvalue weighted by Gasteiger charge is 2.14. The third-order valence-electron chi connectivity index (χ3n) is 3.05. The molecule has 0 saturated carbocycles. The van der Waals surface area contributed by atoms with Crippen molar-refractivity contribution >= 4 is 21.6 Å². The number of rotatable bonds is 4. The van der Waals surface area contributed by atoms with Crippen molar-refractivity contribution in [2.45, 2.75) is 6.54 Å². The molecule has 0 aliphatic heterocycles. The minimum atomic E-state index is -0.564. The largest absolute Gasteiger partial charge is 0.497 e. The summed E-state index contributed by atoms with van der Waals surface area (Å²) in [5, 5.41) is 0. The molecule has 2 aromatic carbocycles. The van der Waals surface area contributed by atoms with Crippen molar-refractivity contribution in [3.05, 3.63) is 58.1 Å². The molecular weight excluding hydrogens is 328 g/mol. The number of nitrogens with zero attached hydrogens (tertiary/aromatic N) is 1. The lowest BCUT2D eigenvalue weighted by Crippen LogP contribution is -2.18. The lowest BCUT2D eigenvalue weighted by atomic mass is 10.1. The molecule has 5 heteroatoms. The maximum atomic E-state index is 13.9. The SMILES string of the molecule is COc1ccc(N(C)Cc2c(F)ccc(Br)c2F)cc1. The molecule has 0 unspecified atom stereocenters. The van der Waals surface area contributed by atoms with Gasteiger partial charge in [-0.3, -0.25) is 0 Å². The molecule has 0 atom stereocenters. The summed E-state index contributed by atoms with van der Waals surface area (Å²) in [5.74, 6) is -0.376. The number of halogens is 3. The van der Waals surface area contributed by atoms with E-state index >= 15 is 0 Å². The Kier molecular flexibility index (Phi) is 4.60. The Balaban J connectivity index is 2.23.